The van der Waals surface area contributed by atoms with E-state index in [9.17, 15) is 10.1 Å². The van der Waals surface area contributed by atoms with Crippen molar-refractivity contribution in [1.29, 1.82) is 0 Å². The highest BCUT2D eigenvalue weighted by Crippen LogP contribution is 2.34. The second kappa shape index (κ2) is 6.95. The van der Waals surface area contributed by atoms with Crippen molar-refractivity contribution in [3.05, 3.63) is 50.4 Å². The molecule has 3 rings (SSSR count). The molecule has 0 atom stereocenters. The van der Waals surface area contributed by atoms with E-state index in [1.165, 1.54) is 23.9 Å². The third kappa shape index (κ3) is 3.80. The molecule has 0 aliphatic rings. The van der Waals surface area contributed by atoms with Crippen LogP contribution in [0.2, 0.25) is 5.02 Å². The van der Waals surface area contributed by atoms with E-state index in [-0.39, 0.29) is 17.3 Å². The Kier molecular flexibility index (Phi) is 4.72. The van der Waals surface area contributed by atoms with Gasteiger partial charge in [-0.2, -0.15) is 0 Å². The Morgan fingerprint density at radius 1 is 1.16 bits per heavy atom. The number of anilines is 4. The summed E-state index contributed by atoms with van der Waals surface area (Å²) in [4.78, 5) is 28.3. The maximum atomic E-state index is 11.5. The van der Waals surface area contributed by atoms with Crippen molar-refractivity contribution in [3.63, 3.8) is 0 Å². The molecule has 0 aromatic carbocycles. The molecule has 3 heterocycles. The third-order valence-corrected chi connectivity index (χ3v) is 4.44. The Morgan fingerprint density at radius 2 is 1.88 bits per heavy atom. The summed E-state index contributed by atoms with van der Waals surface area (Å²) >= 11 is 7.18. The molecule has 0 amide bonds. The zero-order valence-corrected chi connectivity index (χ0v) is 14.7. The molecule has 0 unspecified atom stereocenters. The highest BCUT2D eigenvalue weighted by atomic mass is 35.5. The number of nitrogens with zero attached hydrogens (tertiary/aromatic N) is 5. The first-order chi connectivity index (χ1) is 11.9. The van der Waals surface area contributed by atoms with Crippen molar-refractivity contribution >= 4 is 51.2 Å². The van der Waals surface area contributed by atoms with Crippen molar-refractivity contribution < 1.29 is 4.92 Å². The summed E-state index contributed by atoms with van der Waals surface area (Å²) in [6.45, 7) is 3.79. The van der Waals surface area contributed by atoms with E-state index in [0.717, 1.165) is 10.6 Å². The molecule has 0 saturated heterocycles. The van der Waals surface area contributed by atoms with Crippen LogP contribution >= 0.6 is 22.9 Å². The van der Waals surface area contributed by atoms with Crippen LogP contribution in [0.4, 0.5) is 28.3 Å². The van der Waals surface area contributed by atoms with Gasteiger partial charge in [-0.3, -0.25) is 10.1 Å². The molecule has 0 bridgehead atoms. The number of hydrogen-bond donors (Lipinski definition) is 2. The highest BCUT2D eigenvalue weighted by Gasteiger charge is 2.24. The summed E-state index contributed by atoms with van der Waals surface area (Å²) in [6.07, 6.45) is 2.65. The van der Waals surface area contributed by atoms with Crippen LogP contribution in [-0.4, -0.2) is 24.9 Å². The van der Waals surface area contributed by atoms with Gasteiger partial charge in [0.25, 0.3) is 0 Å². The zero-order chi connectivity index (χ0) is 18.0. The first kappa shape index (κ1) is 17.0. The van der Waals surface area contributed by atoms with Crippen LogP contribution in [0.5, 0.6) is 0 Å². The number of nitrogens with one attached hydrogen (secondary N) is 2. The monoisotopic (exact) mass is 377 g/mol. The molecule has 0 aliphatic heterocycles. The standard InChI is InChI=1S/C14H12ClN7O2S/c1-7-8(2)25-14(19-7)21-13-11(22(23)24)12(17-6-18-13)20-10-4-3-9(15)5-16-10/h3-6H,1-2H3,(H2,16,17,18,19,20,21). The largest absolute Gasteiger partial charge is 0.354 e. The smallest absolute Gasteiger partial charge is 0.319 e. The second-order valence-electron chi connectivity index (χ2n) is 4.95. The Bertz CT molecular complexity index is 910. The minimum atomic E-state index is -0.562. The third-order valence-electron chi connectivity index (χ3n) is 3.23. The molecule has 0 fully saturated rings. The molecule has 0 saturated carbocycles. The van der Waals surface area contributed by atoms with Gasteiger partial charge in [0.05, 0.1) is 15.6 Å². The van der Waals surface area contributed by atoms with Crippen molar-refractivity contribution in [2.45, 2.75) is 13.8 Å². The Balaban J connectivity index is 1.96. The minimum absolute atomic E-state index is 0.0160. The normalized spacial score (nSPS) is 10.5. The highest BCUT2D eigenvalue weighted by molar-refractivity contribution is 7.15. The number of halogens is 1. The lowest BCUT2D eigenvalue weighted by atomic mass is 10.4. The van der Waals surface area contributed by atoms with Gasteiger partial charge in [-0.25, -0.2) is 19.9 Å². The first-order valence-corrected chi connectivity index (χ1v) is 8.22. The number of rotatable bonds is 5. The van der Waals surface area contributed by atoms with E-state index in [4.69, 9.17) is 11.6 Å². The molecule has 128 valence electrons. The number of pyridine rings is 1. The van der Waals surface area contributed by atoms with Crippen molar-refractivity contribution in [1.82, 2.24) is 19.9 Å². The number of aromatic nitrogens is 4. The lowest BCUT2D eigenvalue weighted by Gasteiger charge is -2.08. The van der Waals surface area contributed by atoms with Crippen LogP contribution in [0, 0.1) is 24.0 Å². The van der Waals surface area contributed by atoms with Crippen molar-refractivity contribution in [2.75, 3.05) is 10.6 Å². The van der Waals surface area contributed by atoms with Crippen LogP contribution in [0.1, 0.15) is 10.6 Å². The van der Waals surface area contributed by atoms with E-state index >= 15 is 0 Å². The SMILES string of the molecule is Cc1nc(Nc2ncnc(Nc3ccc(Cl)cn3)c2[N+](=O)[O-])sc1C. The van der Waals surface area contributed by atoms with Gasteiger partial charge in [-0.1, -0.05) is 11.6 Å². The summed E-state index contributed by atoms with van der Waals surface area (Å²) in [7, 11) is 0. The maximum absolute atomic E-state index is 11.5. The molecule has 25 heavy (non-hydrogen) atoms. The second-order valence-corrected chi connectivity index (χ2v) is 6.59. The lowest BCUT2D eigenvalue weighted by Crippen LogP contribution is -2.06. The molecule has 0 radical (unpaired) electrons. The summed E-state index contributed by atoms with van der Waals surface area (Å²) in [5.74, 6) is 0.436. The van der Waals surface area contributed by atoms with E-state index in [1.807, 2.05) is 13.8 Å². The Labute approximate surface area is 151 Å². The van der Waals surface area contributed by atoms with Crippen LogP contribution in [0.3, 0.4) is 0 Å². The average Bonchev–Trinajstić information content (AvgIpc) is 2.87. The van der Waals surface area contributed by atoms with Gasteiger partial charge in [0.1, 0.15) is 12.1 Å². The molecular formula is C14H12ClN7O2S. The molecule has 0 spiro atoms. The van der Waals surface area contributed by atoms with Gasteiger partial charge in [0, 0.05) is 11.1 Å². The fraction of sp³-hybridized carbons (Fsp3) is 0.143. The van der Waals surface area contributed by atoms with Gasteiger partial charge in [0.2, 0.25) is 11.6 Å². The Hall–Kier alpha value is -2.85. The van der Waals surface area contributed by atoms with Crippen molar-refractivity contribution in [2.24, 2.45) is 0 Å². The first-order valence-electron chi connectivity index (χ1n) is 7.03. The zero-order valence-electron chi connectivity index (χ0n) is 13.1. The van der Waals surface area contributed by atoms with E-state index in [0.29, 0.717) is 16.0 Å². The van der Waals surface area contributed by atoms with Crippen molar-refractivity contribution in [3.8, 4) is 0 Å². The number of aryl methyl sites for hydroxylation is 2. The minimum Gasteiger partial charge on any atom is -0.319 e. The van der Waals surface area contributed by atoms with Gasteiger partial charge in [-0.05, 0) is 26.0 Å². The predicted molar refractivity (Wildman–Crippen MR) is 96.1 cm³/mol. The van der Waals surface area contributed by atoms with Crippen LogP contribution in [0.25, 0.3) is 0 Å². The summed E-state index contributed by atoms with van der Waals surface area (Å²) < 4.78 is 0. The van der Waals surface area contributed by atoms with Gasteiger partial charge < -0.3 is 10.6 Å². The van der Waals surface area contributed by atoms with E-state index in [2.05, 4.69) is 30.6 Å². The molecule has 2 N–H and O–H groups in total. The lowest BCUT2D eigenvalue weighted by molar-refractivity contribution is -0.383. The molecule has 3 aromatic rings. The number of hydrogen-bond acceptors (Lipinski definition) is 9. The Morgan fingerprint density at radius 3 is 2.44 bits per heavy atom. The fourth-order valence-corrected chi connectivity index (χ4v) is 2.86. The molecular weight excluding hydrogens is 366 g/mol. The topological polar surface area (TPSA) is 119 Å². The van der Waals surface area contributed by atoms with Crippen LogP contribution in [0.15, 0.2) is 24.7 Å². The van der Waals surface area contributed by atoms with Crippen LogP contribution in [-0.2, 0) is 0 Å². The average molecular weight is 378 g/mol. The van der Waals surface area contributed by atoms with E-state index in [1.54, 1.807) is 12.1 Å². The van der Waals surface area contributed by atoms with Gasteiger partial charge >= 0.3 is 5.69 Å². The molecule has 3 aromatic heterocycles. The fourth-order valence-electron chi connectivity index (χ4n) is 1.93. The quantitative estimate of drug-likeness (QED) is 0.506. The summed E-state index contributed by atoms with van der Waals surface area (Å²) in [5, 5.41) is 18.2. The molecule has 11 heteroatoms. The number of nitro groups is 1. The molecule has 0 aliphatic carbocycles. The van der Waals surface area contributed by atoms with Crippen LogP contribution < -0.4 is 10.6 Å². The summed E-state index contributed by atoms with van der Waals surface area (Å²) in [5.41, 5.74) is 0.553. The number of thiazole rings is 1. The molecule has 9 nitrogen and oxygen atoms in total. The van der Waals surface area contributed by atoms with Gasteiger partial charge in [-0.15, -0.1) is 11.3 Å². The van der Waals surface area contributed by atoms with Gasteiger partial charge in [0.15, 0.2) is 5.13 Å². The maximum Gasteiger partial charge on any atom is 0.354 e. The predicted octanol–water partition coefficient (Wildman–Crippen LogP) is 3.99. The van der Waals surface area contributed by atoms with E-state index < -0.39 is 4.92 Å². The summed E-state index contributed by atoms with van der Waals surface area (Å²) in [6, 6.07) is 3.21.